The van der Waals surface area contributed by atoms with Gasteiger partial charge in [-0.3, -0.25) is 4.90 Å². The van der Waals surface area contributed by atoms with E-state index in [4.69, 9.17) is 17.3 Å². The molecule has 3 aliphatic rings. The molecule has 3 saturated heterocycles. The number of halogens is 1. The lowest BCUT2D eigenvalue weighted by atomic mass is 9.71. The molecule has 110 valence electrons. The molecule has 0 aliphatic carbocycles. The Morgan fingerprint density at radius 1 is 1.40 bits per heavy atom. The Bertz CT molecular complexity index is 471. The molecule has 1 unspecified atom stereocenters. The van der Waals surface area contributed by atoms with E-state index in [1.807, 2.05) is 12.1 Å². The minimum absolute atomic E-state index is 0.138. The van der Waals surface area contributed by atoms with Crippen LogP contribution in [0.5, 0.6) is 0 Å². The number of piperidine rings is 3. The molecule has 2 N–H and O–H groups in total. The molecule has 0 saturated carbocycles. The van der Waals surface area contributed by atoms with E-state index >= 15 is 0 Å². The minimum atomic E-state index is 0.138. The van der Waals surface area contributed by atoms with Crippen LogP contribution >= 0.6 is 11.6 Å². The second kappa shape index (κ2) is 5.64. The summed E-state index contributed by atoms with van der Waals surface area (Å²) in [6, 6.07) is 8.16. The van der Waals surface area contributed by atoms with Gasteiger partial charge in [0.2, 0.25) is 0 Å². The Labute approximate surface area is 126 Å². The average Bonchev–Trinajstić information content (AvgIpc) is 2.48. The highest BCUT2D eigenvalue weighted by Crippen LogP contribution is 2.39. The van der Waals surface area contributed by atoms with Gasteiger partial charge in [0.1, 0.15) is 0 Å². The monoisotopic (exact) mass is 293 g/mol. The van der Waals surface area contributed by atoms with Gasteiger partial charge in [0.05, 0.1) is 0 Å². The van der Waals surface area contributed by atoms with E-state index < -0.39 is 0 Å². The van der Waals surface area contributed by atoms with E-state index in [1.54, 1.807) is 0 Å². The van der Waals surface area contributed by atoms with Gasteiger partial charge in [0.25, 0.3) is 0 Å². The first-order chi connectivity index (χ1) is 9.64. The number of rotatable bonds is 4. The van der Waals surface area contributed by atoms with Gasteiger partial charge in [0.15, 0.2) is 0 Å². The Hall–Kier alpha value is -0.610. The third kappa shape index (κ3) is 2.48. The van der Waals surface area contributed by atoms with Crippen molar-refractivity contribution in [1.29, 1.82) is 0 Å². The van der Waals surface area contributed by atoms with E-state index in [1.165, 1.54) is 31.5 Å². The van der Waals surface area contributed by atoms with Crippen molar-refractivity contribution >= 4 is 11.6 Å². The molecule has 1 aromatic rings. The number of nitrogens with two attached hydrogens (primary N) is 1. The van der Waals surface area contributed by atoms with Crippen LogP contribution in [0.3, 0.4) is 0 Å². The van der Waals surface area contributed by atoms with Crippen LogP contribution in [0.2, 0.25) is 5.02 Å². The zero-order valence-corrected chi connectivity index (χ0v) is 12.9. The third-order valence-electron chi connectivity index (χ3n) is 5.27. The van der Waals surface area contributed by atoms with Crippen molar-refractivity contribution in [3.63, 3.8) is 0 Å². The molecule has 1 atom stereocenters. The van der Waals surface area contributed by atoms with Crippen molar-refractivity contribution in [1.82, 2.24) is 9.80 Å². The first-order valence-corrected chi connectivity index (χ1v) is 7.90. The molecule has 3 heterocycles. The molecule has 2 bridgehead atoms. The molecule has 4 heteroatoms. The Kier molecular flexibility index (Phi) is 4.04. The molecule has 4 rings (SSSR count). The van der Waals surface area contributed by atoms with Crippen LogP contribution < -0.4 is 5.73 Å². The van der Waals surface area contributed by atoms with E-state index in [2.05, 4.69) is 29.0 Å². The van der Waals surface area contributed by atoms with Gasteiger partial charge >= 0.3 is 0 Å². The summed E-state index contributed by atoms with van der Waals surface area (Å²) in [7, 11) is 2.22. The zero-order chi connectivity index (χ0) is 14.2. The van der Waals surface area contributed by atoms with Gasteiger partial charge in [-0.15, -0.1) is 0 Å². The highest BCUT2D eigenvalue weighted by molar-refractivity contribution is 6.30. The van der Waals surface area contributed by atoms with Crippen LogP contribution in [-0.2, 0) is 6.54 Å². The molecule has 0 aromatic heterocycles. The van der Waals surface area contributed by atoms with Gasteiger partial charge in [-0.25, -0.2) is 0 Å². The topological polar surface area (TPSA) is 32.5 Å². The van der Waals surface area contributed by atoms with E-state index in [0.717, 1.165) is 30.6 Å². The van der Waals surface area contributed by atoms with E-state index in [9.17, 15) is 0 Å². The standard InChI is InChI=1S/C16H24ClN3/c1-19(10-13-3-2-4-15(17)9-13)16(11-18)12-20-7-5-14(16)6-8-20/h2-4,9,14H,5-8,10-12,18H2,1H3. The molecule has 1 aromatic carbocycles. The summed E-state index contributed by atoms with van der Waals surface area (Å²) in [5.41, 5.74) is 7.62. The zero-order valence-electron chi connectivity index (χ0n) is 12.2. The molecule has 0 radical (unpaired) electrons. The molecular formula is C16H24ClN3. The fraction of sp³-hybridized carbons (Fsp3) is 0.625. The van der Waals surface area contributed by atoms with Crippen molar-refractivity contribution in [3.8, 4) is 0 Å². The molecule has 0 amide bonds. The van der Waals surface area contributed by atoms with Crippen LogP contribution in [-0.4, -0.2) is 48.6 Å². The molecule has 3 fully saturated rings. The maximum Gasteiger partial charge on any atom is 0.0487 e. The fourth-order valence-electron chi connectivity index (χ4n) is 4.03. The maximum absolute atomic E-state index is 6.21. The predicted molar refractivity (Wildman–Crippen MR) is 83.9 cm³/mol. The van der Waals surface area contributed by atoms with Crippen LogP contribution in [0.4, 0.5) is 0 Å². The van der Waals surface area contributed by atoms with Gasteiger partial charge in [-0.05, 0) is 56.6 Å². The van der Waals surface area contributed by atoms with Crippen LogP contribution in [0.15, 0.2) is 24.3 Å². The molecule has 20 heavy (non-hydrogen) atoms. The smallest absolute Gasteiger partial charge is 0.0487 e. The number of hydrogen-bond donors (Lipinski definition) is 1. The summed E-state index contributed by atoms with van der Waals surface area (Å²) < 4.78 is 0. The highest BCUT2D eigenvalue weighted by Gasteiger charge is 2.48. The summed E-state index contributed by atoms with van der Waals surface area (Å²) in [5.74, 6) is 0.738. The predicted octanol–water partition coefficient (Wildman–Crippen LogP) is 2.19. The summed E-state index contributed by atoms with van der Waals surface area (Å²) in [4.78, 5) is 5.04. The number of hydrogen-bond acceptors (Lipinski definition) is 3. The number of likely N-dealkylation sites (N-methyl/N-ethyl adjacent to an activating group) is 1. The second-order valence-corrected chi connectivity index (χ2v) is 6.78. The Morgan fingerprint density at radius 3 is 2.70 bits per heavy atom. The summed E-state index contributed by atoms with van der Waals surface area (Å²) in [6.07, 6.45) is 2.58. The second-order valence-electron chi connectivity index (χ2n) is 6.34. The van der Waals surface area contributed by atoms with Crippen LogP contribution in [0.1, 0.15) is 18.4 Å². The molecule has 0 spiro atoms. The van der Waals surface area contributed by atoms with Gasteiger partial charge in [-0.1, -0.05) is 23.7 Å². The average molecular weight is 294 g/mol. The number of benzene rings is 1. The Morgan fingerprint density at radius 2 is 2.15 bits per heavy atom. The lowest BCUT2D eigenvalue weighted by Gasteiger charge is -2.57. The quantitative estimate of drug-likeness (QED) is 0.924. The van der Waals surface area contributed by atoms with Crippen molar-refractivity contribution in [2.45, 2.75) is 24.9 Å². The summed E-state index contributed by atoms with van der Waals surface area (Å²) in [6.45, 7) is 5.27. The molecular weight excluding hydrogens is 270 g/mol. The van der Waals surface area contributed by atoms with Crippen LogP contribution in [0, 0.1) is 5.92 Å². The fourth-order valence-corrected chi connectivity index (χ4v) is 4.24. The normalized spacial score (nSPS) is 32.8. The number of nitrogens with zero attached hydrogens (tertiary/aromatic N) is 2. The van der Waals surface area contributed by atoms with Gasteiger partial charge in [0, 0.05) is 30.2 Å². The summed E-state index contributed by atoms with van der Waals surface area (Å²) >= 11 is 6.09. The highest BCUT2D eigenvalue weighted by atomic mass is 35.5. The van der Waals surface area contributed by atoms with Crippen molar-refractivity contribution in [2.75, 3.05) is 33.2 Å². The van der Waals surface area contributed by atoms with Crippen molar-refractivity contribution in [3.05, 3.63) is 34.9 Å². The van der Waals surface area contributed by atoms with Crippen LogP contribution in [0.25, 0.3) is 0 Å². The lowest BCUT2D eigenvalue weighted by molar-refractivity contribution is -0.0596. The third-order valence-corrected chi connectivity index (χ3v) is 5.50. The van der Waals surface area contributed by atoms with Gasteiger partial charge < -0.3 is 10.6 Å². The van der Waals surface area contributed by atoms with E-state index in [-0.39, 0.29) is 5.54 Å². The minimum Gasteiger partial charge on any atom is -0.329 e. The van der Waals surface area contributed by atoms with Crippen molar-refractivity contribution < 1.29 is 0 Å². The Balaban J connectivity index is 1.79. The van der Waals surface area contributed by atoms with Crippen molar-refractivity contribution in [2.24, 2.45) is 11.7 Å². The summed E-state index contributed by atoms with van der Waals surface area (Å²) in [5, 5.41) is 0.812. The first kappa shape index (κ1) is 14.3. The molecule has 3 nitrogen and oxygen atoms in total. The SMILES string of the molecule is CN(Cc1cccc(Cl)c1)C1(CN)CN2CCC1CC2. The van der Waals surface area contributed by atoms with Gasteiger partial charge in [-0.2, -0.15) is 0 Å². The largest absolute Gasteiger partial charge is 0.329 e. The number of fused-ring (bicyclic) bond motifs is 3. The van der Waals surface area contributed by atoms with E-state index in [0.29, 0.717) is 0 Å². The maximum atomic E-state index is 6.21. The molecule has 3 aliphatic heterocycles. The lowest BCUT2D eigenvalue weighted by Crippen LogP contribution is -2.69. The first-order valence-electron chi connectivity index (χ1n) is 7.52.